The Morgan fingerprint density at radius 1 is 1.37 bits per heavy atom. The average Bonchev–Trinajstić information content (AvgIpc) is 3.03. The van der Waals surface area contributed by atoms with E-state index in [1.165, 1.54) is 15.1 Å². The van der Waals surface area contributed by atoms with Crippen molar-refractivity contribution in [1.29, 1.82) is 0 Å². The van der Waals surface area contributed by atoms with Crippen molar-refractivity contribution in [3.8, 4) is 0 Å². The van der Waals surface area contributed by atoms with Crippen LogP contribution in [0.5, 0.6) is 0 Å². The SMILES string of the molecule is CC(NCc1ccc(Cl)s1)c1cnc2ccsc2c1. The van der Waals surface area contributed by atoms with Crippen LogP contribution in [0, 0.1) is 0 Å². The molecule has 0 fully saturated rings. The first-order valence-corrected chi connectivity index (χ1v) is 8.10. The van der Waals surface area contributed by atoms with Crippen LogP contribution in [0.15, 0.2) is 35.8 Å². The molecule has 0 saturated heterocycles. The molecule has 0 aliphatic rings. The smallest absolute Gasteiger partial charge is 0.0931 e. The number of thiophene rings is 2. The summed E-state index contributed by atoms with van der Waals surface area (Å²) in [7, 11) is 0. The van der Waals surface area contributed by atoms with Gasteiger partial charge in [-0.15, -0.1) is 22.7 Å². The van der Waals surface area contributed by atoms with E-state index in [0.717, 1.165) is 16.4 Å². The molecule has 1 unspecified atom stereocenters. The van der Waals surface area contributed by atoms with E-state index in [9.17, 15) is 0 Å². The minimum absolute atomic E-state index is 0.278. The van der Waals surface area contributed by atoms with Crippen LogP contribution < -0.4 is 5.32 Å². The van der Waals surface area contributed by atoms with E-state index < -0.39 is 0 Å². The van der Waals surface area contributed by atoms with Crippen molar-refractivity contribution in [3.63, 3.8) is 0 Å². The Kier molecular flexibility index (Phi) is 3.84. The maximum Gasteiger partial charge on any atom is 0.0931 e. The van der Waals surface area contributed by atoms with E-state index >= 15 is 0 Å². The molecule has 2 nitrogen and oxygen atoms in total. The molecule has 5 heteroatoms. The maximum atomic E-state index is 5.93. The lowest BCUT2D eigenvalue weighted by Crippen LogP contribution is -2.17. The topological polar surface area (TPSA) is 24.9 Å². The second-order valence-corrected chi connectivity index (χ2v) is 7.13. The van der Waals surface area contributed by atoms with Crippen LogP contribution in [0.1, 0.15) is 23.4 Å². The molecule has 0 amide bonds. The van der Waals surface area contributed by atoms with Gasteiger partial charge in [0.1, 0.15) is 0 Å². The van der Waals surface area contributed by atoms with E-state index in [0.29, 0.717) is 0 Å². The summed E-state index contributed by atoms with van der Waals surface area (Å²) in [4.78, 5) is 5.73. The number of pyridine rings is 1. The molecule has 0 aliphatic heterocycles. The van der Waals surface area contributed by atoms with Crippen molar-refractivity contribution in [2.75, 3.05) is 0 Å². The van der Waals surface area contributed by atoms with Crippen molar-refractivity contribution in [1.82, 2.24) is 10.3 Å². The summed E-state index contributed by atoms with van der Waals surface area (Å²) in [5.74, 6) is 0. The zero-order valence-electron chi connectivity index (χ0n) is 10.4. The highest BCUT2D eigenvalue weighted by Crippen LogP contribution is 2.24. The Labute approximate surface area is 125 Å². The quantitative estimate of drug-likeness (QED) is 0.744. The standard InChI is InChI=1S/C14H13ClN2S2/c1-9(16-8-11-2-3-14(15)19-11)10-6-13-12(17-7-10)4-5-18-13/h2-7,9,16H,8H2,1H3. The van der Waals surface area contributed by atoms with Crippen molar-refractivity contribution in [2.24, 2.45) is 0 Å². The maximum absolute atomic E-state index is 5.93. The molecule has 0 radical (unpaired) electrons. The predicted octanol–water partition coefficient (Wildman–Crippen LogP) is 4.86. The number of nitrogens with zero attached hydrogens (tertiary/aromatic N) is 1. The third-order valence-electron chi connectivity index (χ3n) is 3.04. The molecule has 0 bridgehead atoms. The summed E-state index contributed by atoms with van der Waals surface area (Å²) in [6.45, 7) is 2.99. The van der Waals surface area contributed by atoms with Crippen molar-refractivity contribution in [3.05, 3.63) is 50.6 Å². The number of rotatable bonds is 4. The first-order chi connectivity index (χ1) is 9.22. The second-order valence-electron chi connectivity index (χ2n) is 4.38. The molecule has 0 aromatic carbocycles. The van der Waals surface area contributed by atoms with Crippen LogP contribution in [0.4, 0.5) is 0 Å². The van der Waals surface area contributed by atoms with E-state index in [1.807, 2.05) is 12.3 Å². The Hall–Kier alpha value is -0.940. The molecule has 19 heavy (non-hydrogen) atoms. The number of hydrogen-bond donors (Lipinski definition) is 1. The molecule has 0 aliphatic carbocycles. The summed E-state index contributed by atoms with van der Waals surface area (Å²) < 4.78 is 2.08. The normalized spacial score (nSPS) is 12.9. The van der Waals surface area contributed by atoms with Gasteiger partial charge in [-0.1, -0.05) is 11.6 Å². The molecule has 1 atom stereocenters. The summed E-state index contributed by atoms with van der Waals surface area (Å²) in [5.41, 5.74) is 2.29. The van der Waals surface area contributed by atoms with Gasteiger partial charge >= 0.3 is 0 Å². The number of halogens is 1. The summed E-state index contributed by atoms with van der Waals surface area (Å²) in [5, 5.41) is 5.58. The van der Waals surface area contributed by atoms with Crippen LogP contribution in [0.2, 0.25) is 4.34 Å². The van der Waals surface area contributed by atoms with E-state index in [2.05, 4.69) is 40.8 Å². The number of nitrogens with one attached hydrogen (secondary N) is 1. The highest BCUT2D eigenvalue weighted by Gasteiger charge is 2.08. The first kappa shape index (κ1) is 13.1. The molecule has 98 valence electrons. The van der Waals surface area contributed by atoms with E-state index in [1.54, 1.807) is 22.7 Å². The van der Waals surface area contributed by atoms with Crippen molar-refractivity contribution in [2.45, 2.75) is 19.5 Å². The minimum atomic E-state index is 0.278. The minimum Gasteiger partial charge on any atom is -0.305 e. The fourth-order valence-corrected chi connectivity index (χ4v) is 3.74. The zero-order chi connectivity index (χ0) is 13.2. The monoisotopic (exact) mass is 308 g/mol. The molecule has 3 heterocycles. The molecular formula is C14H13ClN2S2. The Morgan fingerprint density at radius 2 is 2.26 bits per heavy atom. The second kappa shape index (κ2) is 5.59. The number of hydrogen-bond acceptors (Lipinski definition) is 4. The molecule has 1 N–H and O–H groups in total. The molecule has 0 spiro atoms. The van der Waals surface area contributed by atoms with Gasteiger partial charge in [-0.3, -0.25) is 4.98 Å². The first-order valence-electron chi connectivity index (χ1n) is 6.03. The highest BCUT2D eigenvalue weighted by atomic mass is 35.5. The fraction of sp³-hybridized carbons (Fsp3) is 0.214. The highest BCUT2D eigenvalue weighted by molar-refractivity contribution is 7.17. The molecule has 0 saturated carbocycles. The summed E-state index contributed by atoms with van der Waals surface area (Å²) >= 11 is 9.28. The molecule has 3 rings (SSSR count). The number of fused-ring (bicyclic) bond motifs is 1. The Balaban J connectivity index is 1.70. The third kappa shape index (κ3) is 2.98. The van der Waals surface area contributed by atoms with Gasteiger partial charge in [0.15, 0.2) is 0 Å². The largest absolute Gasteiger partial charge is 0.305 e. The molecule has 3 aromatic rings. The Bertz CT molecular complexity index is 689. The zero-order valence-corrected chi connectivity index (χ0v) is 12.8. The fourth-order valence-electron chi connectivity index (χ4n) is 1.92. The van der Waals surface area contributed by atoms with Gasteiger partial charge in [0.25, 0.3) is 0 Å². The predicted molar refractivity (Wildman–Crippen MR) is 84.2 cm³/mol. The average molecular weight is 309 g/mol. The molecular weight excluding hydrogens is 296 g/mol. The van der Waals surface area contributed by atoms with Crippen molar-refractivity contribution >= 4 is 44.5 Å². The summed E-state index contributed by atoms with van der Waals surface area (Å²) in [6.07, 6.45) is 1.95. The van der Waals surface area contributed by atoms with Gasteiger partial charge in [-0.2, -0.15) is 0 Å². The lowest BCUT2D eigenvalue weighted by atomic mass is 10.1. The van der Waals surface area contributed by atoms with Gasteiger partial charge in [0, 0.05) is 23.7 Å². The van der Waals surface area contributed by atoms with Gasteiger partial charge in [-0.25, -0.2) is 0 Å². The molecule has 3 aromatic heterocycles. The van der Waals surface area contributed by atoms with Gasteiger partial charge < -0.3 is 5.32 Å². The van der Waals surface area contributed by atoms with Crippen LogP contribution >= 0.6 is 34.3 Å². The third-order valence-corrected chi connectivity index (χ3v) is 5.12. The van der Waals surface area contributed by atoms with Crippen LogP contribution in [-0.2, 0) is 6.54 Å². The van der Waals surface area contributed by atoms with Gasteiger partial charge in [-0.05, 0) is 42.1 Å². The summed E-state index contributed by atoms with van der Waals surface area (Å²) in [6, 6.07) is 8.54. The van der Waals surface area contributed by atoms with E-state index in [-0.39, 0.29) is 6.04 Å². The Morgan fingerprint density at radius 3 is 3.05 bits per heavy atom. The lowest BCUT2D eigenvalue weighted by molar-refractivity contribution is 0.578. The van der Waals surface area contributed by atoms with Gasteiger partial charge in [0.05, 0.1) is 14.6 Å². The number of aromatic nitrogens is 1. The lowest BCUT2D eigenvalue weighted by Gasteiger charge is -2.13. The van der Waals surface area contributed by atoms with E-state index in [4.69, 9.17) is 11.6 Å². The van der Waals surface area contributed by atoms with Crippen LogP contribution in [0.3, 0.4) is 0 Å². The van der Waals surface area contributed by atoms with Crippen LogP contribution in [0.25, 0.3) is 10.2 Å². The van der Waals surface area contributed by atoms with Crippen LogP contribution in [-0.4, -0.2) is 4.98 Å². The van der Waals surface area contributed by atoms with Gasteiger partial charge in [0.2, 0.25) is 0 Å². The van der Waals surface area contributed by atoms with Crippen molar-refractivity contribution < 1.29 is 0 Å².